The van der Waals surface area contributed by atoms with E-state index in [0.29, 0.717) is 17.2 Å². The Morgan fingerprint density at radius 1 is 1.05 bits per heavy atom. The standard InChI is InChI=1S/C13H17N3O3S/c1-7(14)12-15-16-13(20-12)8-5-9(17-2)11(19-4)10(6-8)18-3/h5-7H,14H2,1-4H3. The molecule has 0 spiro atoms. The number of ether oxygens (including phenoxy) is 3. The van der Waals surface area contributed by atoms with Crippen LogP contribution in [-0.2, 0) is 0 Å². The maximum atomic E-state index is 5.80. The Labute approximate surface area is 121 Å². The average Bonchev–Trinajstić information content (AvgIpc) is 2.95. The maximum Gasteiger partial charge on any atom is 0.203 e. The van der Waals surface area contributed by atoms with Gasteiger partial charge in [-0.25, -0.2) is 0 Å². The predicted octanol–water partition coefficient (Wildman–Crippen LogP) is 2.25. The number of hydrogen-bond donors (Lipinski definition) is 1. The molecule has 2 N–H and O–H groups in total. The summed E-state index contributed by atoms with van der Waals surface area (Å²) >= 11 is 1.45. The first-order valence-electron chi connectivity index (χ1n) is 6.00. The van der Waals surface area contributed by atoms with E-state index >= 15 is 0 Å². The Bertz CT molecular complexity index is 573. The van der Waals surface area contributed by atoms with Crippen molar-refractivity contribution in [3.8, 4) is 27.8 Å². The molecular formula is C13H17N3O3S. The van der Waals surface area contributed by atoms with Gasteiger partial charge in [0.25, 0.3) is 0 Å². The quantitative estimate of drug-likeness (QED) is 0.911. The van der Waals surface area contributed by atoms with Gasteiger partial charge in [-0.15, -0.1) is 10.2 Å². The topological polar surface area (TPSA) is 79.5 Å². The largest absolute Gasteiger partial charge is 0.493 e. The fourth-order valence-electron chi connectivity index (χ4n) is 1.74. The average molecular weight is 295 g/mol. The molecule has 0 amide bonds. The van der Waals surface area contributed by atoms with E-state index in [0.717, 1.165) is 15.6 Å². The third kappa shape index (κ3) is 2.68. The monoisotopic (exact) mass is 295 g/mol. The summed E-state index contributed by atoms with van der Waals surface area (Å²) in [4.78, 5) is 0. The molecule has 0 aliphatic heterocycles. The number of aromatic nitrogens is 2. The number of rotatable bonds is 5. The van der Waals surface area contributed by atoms with Crippen molar-refractivity contribution in [2.75, 3.05) is 21.3 Å². The molecule has 1 aromatic carbocycles. The van der Waals surface area contributed by atoms with Crippen LogP contribution in [0.25, 0.3) is 10.6 Å². The molecular weight excluding hydrogens is 278 g/mol. The Balaban J connectivity index is 2.50. The SMILES string of the molecule is COc1cc(-c2nnc(C(C)N)s2)cc(OC)c1OC. The second-order valence-electron chi connectivity index (χ2n) is 4.15. The van der Waals surface area contributed by atoms with E-state index in [1.807, 2.05) is 19.1 Å². The summed E-state index contributed by atoms with van der Waals surface area (Å²) < 4.78 is 15.9. The van der Waals surface area contributed by atoms with Gasteiger partial charge in [-0.1, -0.05) is 11.3 Å². The van der Waals surface area contributed by atoms with Crippen LogP contribution < -0.4 is 19.9 Å². The number of hydrogen-bond acceptors (Lipinski definition) is 7. The highest BCUT2D eigenvalue weighted by molar-refractivity contribution is 7.14. The first-order valence-corrected chi connectivity index (χ1v) is 6.81. The van der Waals surface area contributed by atoms with Crippen LogP contribution in [-0.4, -0.2) is 31.5 Å². The van der Waals surface area contributed by atoms with Gasteiger partial charge in [-0.05, 0) is 19.1 Å². The van der Waals surface area contributed by atoms with Crippen LogP contribution in [0.5, 0.6) is 17.2 Å². The van der Waals surface area contributed by atoms with Crippen LogP contribution in [0.1, 0.15) is 18.0 Å². The van der Waals surface area contributed by atoms with Crippen molar-refractivity contribution in [2.24, 2.45) is 5.73 Å². The normalized spacial score (nSPS) is 12.1. The van der Waals surface area contributed by atoms with Crippen molar-refractivity contribution in [3.05, 3.63) is 17.1 Å². The summed E-state index contributed by atoms with van der Waals surface area (Å²) in [7, 11) is 4.72. The Kier molecular flexibility index (Phi) is 4.41. The second kappa shape index (κ2) is 6.06. The van der Waals surface area contributed by atoms with Gasteiger partial charge < -0.3 is 19.9 Å². The van der Waals surface area contributed by atoms with Crippen LogP contribution in [0.15, 0.2) is 12.1 Å². The van der Waals surface area contributed by atoms with Gasteiger partial charge in [-0.2, -0.15) is 0 Å². The number of benzene rings is 1. The molecule has 1 atom stereocenters. The molecule has 7 heteroatoms. The Hall–Kier alpha value is -1.86. The molecule has 0 aliphatic rings. The summed E-state index contributed by atoms with van der Waals surface area (Å²) in [6.07, 6.45) is 0. The van der Waals surface area contributed by atoms with E-state index in [1.54, 1.807) is 21.3 Å². The summed E-state index contributed by atoms with van der Waals surface area (Å²) in [6, 6.07) is 3.54. The molecule has 6 nitrogen and oxygen atoms in total. The van der Waals surface area contributed by atoms with Gasteiger partial charge in [0.05, 0.1) is 27.4 Å². The second-order valence-corrected chi connectivity index (χ2v) is 5.16. The molecule has 0 saturated carbocycles. The molecule has 1 unspecified atom stereocenters. The van der Waals surface area contributed by atoms with Gasteiger partial charge in [-0.3, -0.25) is 0 Å². The molecule has 2 aromatic rings. The third-order valence-electron chi connectivity index (χ3n) is 2.74. The highest BCUT2D eigenvalue weighted by Gasteiger charge is 2.17. The number of nitrogens with two attached hydrogens (primary N) is 1. The van der Waals surface area contributed by atoms with E-state index in [4.69, 9.17) is 19.9 Å². The summed E-state index contributed by atoms with van der Waals surface area (Å²) in [6.45, 7) is 1.87. The lowest BCUT2D eigenvalue weighted by molar-refractivity contribution is 0.324. The summed E-state index contributed by atoms with van der Waals surface area (Å²) in [5.41, 5.74) is 6.65. The van der Waals surface area contributed by atoms with Gasteiger partial charge in [0.15, 0.2) is 11.5 Å². The smallest absolute Gasteiger partial charge is 0.203 e. The predicted molar refractivity (Wildman–Crippen MR) is 77.6 cm³/mol. The molecule has 0 aliphatic carbocycles. The van der Waals surface area contributed by atoms with Crippen LogP contribution in [0, 0.1) is 0 Å². The molecule has 108 valence electrons. The van der Waals surface area contributed by atoms with Crippen molar-refractivity contribution in [2.45, 2.75) is 13.0 Å². The first kappa shape index (κ1) is 14.5. The van der Waals surface area contributed by atoms with Gasteiger partial charge in [0.2, 0.25) is 5.75 Å². The summed E-state index contributed by atoms with van der Waals surface area (Å²) in [5.74, 6) is 1.72. The van der Waals surface area contributed by atoms with E-state index in [-0.39, 0.29) is 6.04 Å². The zero-order valence-corrected chi connectivity index (χ0v) is 12.7. The third-order valence-corrected chi connectivity index (χ3v) is 3.92. The Morgan fingerprint density at radius 3 is 2.05 bits per heavy atom. The molecule has 0 saturated heterocycles. The number of nitrogens with zero attached hydrogens (tertiary/aromatic N) is 2. The molecule has 0 bridgehead atoms. The lowest BCUT2D eigenvalue weighted by atomic mass is 10.2. The molecule has 0 radical (unpaired) electrons. The minimum absolute atomic E-state index is 0.136. The lowest BCUT2D eigenvalue weighted by Crippen LogP contribution is -2.03. The maximum absolute atomic E-state index is 5.80. The molecule has 20 heavy (non-hydrogen) atoms. The highest BCUT2D eigenvalue weighted by Crippen LogP contribution is 2.41. The van der Waals surface area contributed by atoms with E-state index < -0.39 is 0 Å². The minimum atomic E-state index is -0.136. The van der Waals surface area contributed by atoms with E-state index in [2.05, 4.69) is 10.2 Å². The minimum Gasteiger partial charge on any atom is -0.493 e. The molecule has 1 aromatic heterocycles. The van der Waals surface area contributed by atoms with Gasteiger partial charge in [0.1, 0.15) is 10.0 Å². The van der Waals surface area contributed by atoms with Crippen LogP contribution in [0.4, 0.5) is 0 Å². The molecule has 0 fully saturated rings. The van der Waals surface area contributed by atoms with Crippen molar-refractivity contribution >= 4 is 11.3 Å². The first-order chi connectivity index (χ1) is 9.60. The zero-order chi connectivity index (χ0) is 14.7. The fraction of sp³-hybridized carbons (Fsp3) is 0.385. The van der Waals surface area contributed by atoms with Crippen LogP contribution in [0.2, 0.25) is 0 Å². The van der Waals surface area contributed by atoms with Crippen molar-refractivity contribution in [1.29, 1.82) is 0 Å². The van der Waals surface area contributed by atoms with Crippen molar-refractivity contribution < 1.29 is 14.2 Å². The van der Waals surface area contributed by atoms with Gasteiger partial charge in [0, 0.05) is 5.56 Å². The summed E-state index contributed by atoms with van der Waals surface area (Å²) in [5, 5.41) is 9.77. The van der Waals surface area contributed by atoms with Crippen LogP contribution >= 0.6 is 11.3 Å². The molecule has 1 heterocycles. The van der Waals surface area contributed by atoms with E-state index in [1.165, 1.54) is 11.3 Å². The van der Waals surface area contributed by atoms with Crippen LogP contribution in [0.3, 0.4) is 0 Å². The fourth-order valence-corrected chi connectivity index (χ4v) is 2.52. The van der Waals surface area contributed by atoms with E-state index in [9.17, 15) is 0 Å². The highest BCUT2D eigenvalue weighted by atomic mass is 32.1. The molecule has 2 rings (SSSR count). The Morgan fingerprint density at radius 2 is 1.65 bits per heavy atom. The van der Waals surface area contributed by atoms with Gasteiger partial charge >= 0.3 is 0 Å². The zero-order valence-electron chi connectivity index (χ0n) is 11.8. The lowest BCUT2D eigenvalue weighted by Gasteiger charge is -2.13. The van der Waals surface area contributed by atoms with Crippen molar-refractivity contribution in [3.63, 3.8) is 0 Å². The number of methoxy groups -OCH3 is 3. The van der Waals surface area contributed by atoms with Crippen molar-refractivity contribution in [1.82, 2.24) is 10.2 Å².